The number of rotatable bonds is 5. The van der Waals surface area contributed by atoms with Gasteiger partial charge in [-0.1, -0.05) is 13.3 Å². The van der Waals surface area contributed by atoms with Gasteiger partial charge >= 0.3 is 5.97 Å². The minimum atomic E-state index is -0.798. The van der Waals surface area contributed by atoms with Crippen LogP contribution in [0.3, 0.4) is 0 Å². The van der Waals surface area contributed by atoms with Crippen molar-refractivity contribution in [1.29, 1.82) is 0 Å². The smallest absolute Gasteiger partial charge is 0.307 e. The molecular formula is C16H28N2O3. The van der Waals surface area contributed by atoms with Crippen molar-refractivity contribution in [2.75, 3.05) is 27.2 Å². The molecule has 1 aliphatic carbocycles. The zero-order chi connectivity index (χ0) is 15.6. The van der Waals surface area contributed by atoms with Crippen LogP contribution >= 0.6 is 0 Å². The standard InChI is InChI=1S/C16H28N2O3/c1-4-11-8-13(14(9-11)16(20)21)15(19)18-7-5-6-12(18)10-17(2)3/h11-14H,4-10H2,1-3H3,(H,20,21). The first-order chi connectivity index (χ1) is 9.93. The first-order valence-corrected chi connectivity index (χ1v) is 8.12. The maximum absolute atomic E-state index is 12.9. The maximum Gasteiger partial charge on any atom is 0.307 e. The number of carboxylic acid groups (broad SMARTS) is 1. The molecule has 5 nitrogen and oxygen atoms in total. The predicted octanol–water partition coefficient (Wildman–Crippen LogP) is 1.68. The highest BCUT2D eigenvalue weighted by molar-refractivity contribution is 5.85. The molecule has 2 fully saturated rings. The van der Waals surface area contributed by atoms with E-state index in [0.29, 0.717) is 12.3 Å². The second-order valence-electron chi connectivity index (χ2n) is 6.89. The number of hydrogen-bond donors (Lipinski definition) is 1. The van der Waals surface area contributed by atoms with Crippen LogP contribution in [0.2, 0.25) is 0 Å². The van der Waals surface area contributed by atoms with E-state index in [9.17, 15) is 14.7 Å². The Balaban J connectivity index is 2.08. The van der Waals surface area contributed by atoms with E-state index in [-0.39, 0.29) is 17.9 Å². The fourth-order valence-electron chi connectivity index (χ4n) is 3.97. The molecule has 1 saturated heterocycles. The van der Waals surface area contributed by atoms with Gasteiger partial charge in [0.1, 0.15) is 0 Å². The molecule has 0 bridgehead atoms. The van der Waals surface area contributed by atoms with E-state index in [0.717, 1.165) is 38.8 Å². The van der Waals surface area contributed by atoms with E-state index in [1.807, 2.05) is 19.0 Å². The highest BCUT2D eigenvalue weighted by atomic mass is 16.4. The number of likely N-dealkylation sites (N-methyl/N-ethyl adjacent to an activating group) is 1. The van der Waals surface area contributed by atoms with Gasteiger partial charge in [0.05, 0.1) is 11.8 Å². The largest absolute Gasteiger partial charge is 0.481 e. The van der Waals surface area contributed by atoms with Crippen molar-refractivity contribution in [3.63, 3.8) is 0 Å². The third kappa shape index (κ3) is 3.57. The number of carboxylic acids is 1. The van der Waals surface area contributed by atoms with Gasteiger partial charge in [0.25, 0.3) is 0 Å². The van der Waals surface area contributed by atoms with Crippen LogP contribution in [0.25, 0.3) is 0 Å². The van der Waals surface area contributed by atoms with Crippen LogP contribution in [-0.4, -0.2) is 60.0 Å². The zero-order valence-electron chi connectivity index (χ0n) is 13.4. The van der Waals surface area contributed by atoms with Gasteiger partial charge in [-0.25, -0.2) is 0 Å². The summed E-state index contributed by atoms with van der Waals surface area (Å²) in [5, 5.41) is 9.42. The third-order valence-electron chi connectivity index (χ3n) is 5.11. The van der Waals surface area contributed by atoms with Crippen molar-refractivity contribution in [2.24, 2.45) is 17.8 Å². The average molecular weight is 296 g/mol. The lowest BCUT2D eigenvalue weighted by Crippen LogP contribution is -2.45. The van der Waals surface area contributed by atoms with Gasteiger partial charge in [0.2, 0.25) is 5.91 Å². The van der Waals surface area contributed by atoms with Crippen LogP contribution in [0.1, 0.15) is 39.0 Å². The summed E-state index contributed by atoms with van der Waals surface area (Å²) >= 11 is 0. The molecule has 1 amide bonds. The van der Waals surface area contributed by atoms with Gasteiger partial charge in [-0.05, 0) is 45.7 Å². The highest BCUT2D eigenvalue weighted by Crippen LogP contribution is 2.40. The predicted molar refractivity (Wildman–Crippen MR) is 80.9 cm³/mol. The fraction of sp³-hybridized carbons (Fsp3) is 0.875. The first kappa shape index (κ1) is 16.3. The summed E-state index contributed by atoms with van der Waals surface area (Å²) in [4.78, 5) is 28.4. The summed E-state index contributed by atoms with van der Waals surface area (Å²) in [6.45, 7) is 3.74. The van der Waals surface area contributed by atoms with Crippen LogP contribution < -0.4 is 0 Å². The summed E-state index contributed by atoms with van der Waals surface area (Å²) in [6.07, 6.45) is 4.44. The molecule has 0 aromatic carbocycles. The lowest BCUT2D eigenvalue weighted by atomic mass is 9.94. The monoisotopic (exact) mass is 296 g/mol. The fourth-order valence-corrected chi connectivity index (χ4v) is 3.97. The Hall–Kier alpha value is -1.10. The first-order valence-electron chi connectivity index (χ1n) is 8.12. The van der Waals surface area contributed by atoms with Crippen molar-refractivity contribution in [3.05, 3.63) is 0 Å². The second-order valence-corrected chi connectivity index (χ2v) is 6.89. The van der Waals surface area contributed by atoms with Crippen LogP contribution in [0.5, 0.6) is 0 Å². The van der Waals surface area contributed by atoms with Crippen LogP contribution in [0.15, 0.2) is 0 Å². The number of aliphatic carboxylic acids is 1. The Morgan fingerprint density at radius 3 is 2.48 bits per heavy atom. The van der Waals surface area contributed by atoms with Crippen LogP contribution in [0, 0.1) is 17.8 Å². The van der Waals surface area contributed by atoms with Gasteiger partial charge in [-0.3, -0.25) is 9.59 Å². The second kappa shape index (κ2) is 6.77. The number of amides is 1. The van der Waals surface area contributed by atoms with Gasteiger partial charge in [0.15, 0.2) is 0 Å². The number of carbonyl (C=O) groups excluding carboxylic acids is 1. The SMILES string of the molecule is CCC1CC(C(=O)O)C(C(=O)N2CCCC2CN(C)C)C1. The molecule has 1 heterocycles. The van der Waals surface area contributed by atoms with Crippen molar-refractivity contribution >= 4 is 11.9 Å². The normalized spacial score (nSPS) is 32.9. The maximum atomic E-state index is 12.9. The summed E-state index contributed by atoms with van der Waals surface area (Å²) in [5.74, 6) is -1.12. The molecule has 4 atom stereocenters. The Kier molecular flexibility index (Phi) is 5.25. The molecule has 1 saturated carbocycles. The Bertz CT molecular complexity index is 397. The quantitative estimate of drug-likeness (QED) is 0.838. The van der Waals surface area contributed by atoms with E-state index in [2.05, 4.69) is 11.8 Å². The lowest BCUT2D eigenvalue weighted by Gasteiger charge is -2.30. The van der Waals surface area contributed by atoms with Crippen LogP contribution in [-0.2, 0) is 9.59 Å². The third-order valence-corrected chi connectivity index (χ3v) is 5.11. The van der Waals surface area contributed by atoms with Crippen molar-refractivity contribution in [3.8, 4) is 0 Å². The molecule has 1 aliphatic heterocycles. The molecule has 120 valence electrons. The van der Waals surface area contributed by atoms with Gasteiger partial charge in [-0.2, -0.15) is 0 Å². The Morgan fingerprint density at radius 2 is 1.90 bits per heavy atom. The van der Waals surface area contributed by atoms with E-state index in [1.165, 1.54) is 0 Å². The average Bonchev–Trinajstić information content (AvgIpc) is 3.03. The van der Waals surface area contributed by atoms with E-state index in [1.54, 1.807) is 0 Å². The topological polar surface area (TPSA) is 60.9 Å². The Labute approximate surface area is 127 Å². The number of nitrogens with zero attached hydrogens (tertiary/aromatic N) is 2. The zero-order valence-corrected chi connectivity index (χ0v) is 13.4. The molecule has 0 radical (unpaired) electrons. The molecule has 21 heavy (non-hydrogen) atoms. The molecule has 1 N–H and O–H groups in total. The minimum absolute atomic E-state index is 0.0858. The van der Waals surface area contributed by atoms with Gasteiger partial charge < -0.3 is 14.9 Å². The van der Waals surface area contributed by atoms with E-state index >= 15 is 0 Å². The van der Waals surface area contributed by atoms with Crippen molar-refractivity contribution in [2.45, 2.75) is 45.1 Å². The van der Waals surface area contributed by atoms with Crippen molar-refractivity contribution < 1.29 is 14.7 Å². The number of likely N-dealkylation sites (tertiary alicyclic amines) is 1. The molecule has 4 unspecified atom stereocenters. The summed E-state index contributed by atoms with van der Waals surface area (Å²) in [5.41, 5.74) is 0. The number of carbonyl (C=O) groups is 2. The van der Waals surface area contributed by atoms with Gasteiger partial charge in [-0.15, -0.1) is 0 Å². The summed E-state index contributed by atoms with van der Waals surface area (Å²) < 4.78 is 0. The Morgan fingerprint density at radius 1 is 1.24 bits per heavy atom. The molecule has 0 spiro atoms. The lowest BCUT2D eigenvalue weighted by molar-refractivity contribution is -0.149. The van der Waals surface area contributed by atoms with E-state index in [4.69, 9.17) is 0 Å². The summed E-state index contributed by atoms with van der Waals surface area (Å²) in [6, 6.07) is 0.252. The van der Waals surface area contributed by atoms with E-state index < -0.39 is 11.9 Å². The molecular weight excluding hydrogens is 268 g/mol. The van der Waals surface area contributed by atoms with Gasteiger partial charge in [0, 0.05) is 19.1 Å². The summed E-state index contributed by atoms with van der Waals surface area (Å²) in [7, 11) is 4.04. The highest BCUT2D eigenvalue weighted by Gasteiger charge is 2.45. The molecule has 0 aromatic heterocycles. The molecule has 5 heteroatoms. The molecule has 2 rings (SSSR count). The molecule has 0 aromatic rings. The molecule has 2 aliphatic rings. The van der Waals surface area contributed by atoms with Crippen molar-refractivity contribution in [1.82, 2.24) is 9.80 Å². The van der Waals surface area contributed by atoms with Crippen LogP contribution in [0.4, 0.5) is 0 Å². The minimum Gasteiger partial charge on any atom is -0.481 e. The number of hydrogen-bond acceptors (Lipinski definition) is 3.